The van der Waals surface area contributed by atoms with Crippen LogP contribution >= 0.6 is 0 Å². The van der Waals surface area contributed by atoms with Crippen molar-refractivity contribution >= 4 is 28.4 Å². The number of sulfone groups is 1. The van der Waals surface area contributed by atoms with Gasteiger partial charge in [-0.25, -0.2) is 23.2 Å². The van der Waals surface area contributed by atoms with Crippen LogP contribution in [0.5, 0.6) is 0 Å². The third-order valence-electron chi connectivity index (χ3n) is 8.27. The predicted molar refractivity (Wildman–Crippen MR) is 161 cm³/mol. The van der Waals surface area contributed by atoms with Crippen molar-refractivity contribution < 1.29 is 13.2 Å². The van der Waals surface area contributed by atoms with Gasteiger partial charge in [-0.15, -0.1) is 0 Å². The van der Waals surface area contributed by atoms with Gasteiger partial charge in [-0.1, -0.05) is 13.0 Å². The van der Waals surface area contributed by atoms with Crippen LogP contribution in [-0.4, -0.2) is 72.1 Å². The van der Waals surface area contributed by atoms with Gasteiger partial charge < -0.3 is 10.2 Å². The molecule has 0 aromatic carbocycles. The molecule has 1 saturated heterocycles. The minimum Gasteiger partial charge on any atom is -0.331 e. The predicted octanol–water partition coefficient (Wildman–Crippen LogP) is 4.90. The van der Waals surface area contributed by atoms with Gasteiger partial charge in [0.15, 0.2) is 9.84 Å². The molecule has 2 aromatic heterocycles. The molecular formula is C30H41N7O3S. The fourth-order valence-electron chi connectivity index (χ4n) is 5.43. The monoisotopic (exact) mass is 579 g/mol. The number of amidine groups is 1. The van der Waals surface area contributed by atoms with Gasteiger partial charge >= 0.3 is 6.03 Å². The maximum absolute atomic E-state index is 13.4. The maximum Gasteiger partial charge on any atom is 0.317 e. The number of nitrogens with one attached hydrogen (secondary N) is 1. The van der Waals surface area contributed by atoms with E-state index in [9.17, 15) is 13.2 Å². The summed E-state index contributed by atoms with van der Waals surface area (Å²) in [5, 5.41) is 7.90. The minimum absolute atomic E-state index is 0.00792. The van der Waals surface area contributed by atoms with Crippen molar-refractivity contribution in [2.75, 3.05) is 25.4 Å². The average molecular weight is 580 g/mol. The number of urea groups is 1. The Morgan fingerprint density at radius 2 is 1.78 bits per heavy atom. The van der Waals surface area contributed by atoms with Crippen LogP contribution in [0.15, 0.2) is 45.4 Å². The van der Waals surface area contributed by atoms with E-state index in [2.05, 4.69) is 64.8 Å². The Kier molecular flexibility index (Phi) is 8.45. The highest BCUT2D eigenvalue weighted by Crippen LogP contribution is 2.45. The molecule has 2 atom stereocenters. The van der Waals surface area contributed by atoms with Crippen molar-refractivity contribution in [1.82, 2.24) is 25.0 Å². The van der Waals surface area contributed by atoms with E-state index in [1.807, 2.05) is 4.90 Å². The molecule has 0 radical (unpaired) electrons. The Labute approximate surface area is 243 Å². The maximum atomic E-state index is 13.4. The number of rotatable bonds is 10. The molecule has 220 valence electrons. The molecule has 3 heterocycles. The molecule has 1 N–H and O–H groups in total. The van der Waals surface area contributed by atoms with Crippen LogP contribution in [0.25, 0.3) is 0 Å². The van der Waals surface area contributed by atoms with Gasteiger partial charge in [0.05, 0.1) is 22.9 Å². The topological polar surface area (TPSA) is 122 Å². The molecule has 11 heteroatoms. The molecule has 2 unspecified atom stereocenters. The molecule has 2 saturated carbocycles. The lowest BCUT2D eigenvalue weighted by atomic mass is 9.89. The summed E-state index contributed by atoms with van der Waals surface area (Å²) < 4.78 is 26.2. The van der Waals surface area contributed by atoms with E-state index in [-0.39, 0.29) is 46.9 Å². The van der Waals surface area contributed by atoms with Crippen LogP contribution in [0, 0.1) is 0 Å². The Morgan fingerprint density at radius 3 is 2.41 bits per heavy atom. The van der Waals surface area contributed by atoms with Crippen LogP contribution in [0.4, 0.5) is 4.79 Å². The number of aliphatic imine (C=N–C) groups is 2. The van der Waals surface area contributed by atoms with Crippen LogP contribution in [-0.2, 0) is 9.84 Å². The highest BCUT2D eigenvalue weighted by molar-refractivity contribution is 7.95. The second-order valence-electron chi connectivity index (χ2n) is 11.7. The van der Waals surface area contributed by atoms with Crippen molar-refractivity contribution in [2.24, 2.45) is 9.98 Å². The summed E-state index contributed by atoms with van der Waals surface area (Å²) in [6, 6.07) is 8.54. The molecule has 2 aliphatic carbocycles. The zero-order valence-electron chi connectivity index (χ0n) is 24.5. The Hall–Kier alpha value is -3.34. The number of amides is 2. The molecule has 3 fully saturated rings. The molecule has 5 rings (SSSR count). The lowest BCUT2D eigenvalue weighted by molar-refractivity contribution is 0.209. The number of carbonyl (C=O) groups is 1. The number of pyridine rings is 1. The minimum atomic E-state index is -3.34. The van der Waals surface area contributed by atoms with Gasteiger partial charge in [-0.05, 0) is 71.4 Å². The number of nitrogens with zero attached hydrogens (tertiary/aromatic N) is 6. The van der Waals surface area contributed by atoms with Gasteiger partial charge in [-0.2, -0.15) is 5.10 Å². The third-order valence-corrected chi connectivity index (χ3v) is 10.1. The number of allylic oxidation sites excluding steroid dienone is 1. The summed E-state index contributed by atoms with van der Waals surface area (Å²) in [5.74, 6) is 1.41. The molecule has 0 spiro atoms. The van der Waals surface area contributed by atoms with Gasteiger partial charge in [0, 0.05) is 66.1 Å². The first-order chi connectivity index (χ1) is 19.6. The smallest absolute Gasteiger partial charge is 0.317 e. The average Bonchev–Trinajstić information content (AvgIpc) is 3.90. The van der Waals surface area contributed by atoms with E-state index in [0.717, 1.165) is 22.8 Å². The zero-order valence-corrected chi connectivity index (χ0v) is 25.3. The molecule has 2 amide bonds. The van der Waals surface area contributed by atoms with Crippen LogP contribution < -0.4 is 5.32 Å². The fourth-order valence-corrected chi connectivity index (χ4v) is 6.10. The first-order valence-electron chi connectivity index (χ1n) is 14.6. The second kappa shape index (κ2) is 11.9. The highest BCUT2D eigenvalue weighted by Gasteiger charge is 2.41. The first kappa shape index (κ1) is 29.2. The van der Waals surface area contributed by atoms with E-state index in [1.54, 1.807) is 6.92 Å². The van der Waals surface area contributed by atoms with Crippen molar-refractivity contribution in [3.05, 3.63) is 58.1 Å². The summed E-state index contributed by atoms with van der Waals surface area (Å²) >= 11 is 0. The third kappa shape index (κ3) is 6.60. The van der Waals surface area contributed by atoms with Gasteiger partial charge in [0.1, 0.15) is 5.84 Å². The number of hydrogen-bond acceptors (Lipinski definition) is 6. The van der Waals surface area contributed by atoms with Gasteiger partial charge in [0.2, 0.25) is 0 Å². The van der Waals surface area contributed by atoms with Crippen LogP contribution in [0.2, 0.25) is 0 Å². The van der Waals surface area contributed by atoms with E-state index < -0.39 is 9.84 Å². The zero-order chi connectivity index (χ0) is 29.3. The van der Waals surface area contributed by atoms with Crippen LogP contribution in [0.3, 0.4) is 0 Å². The molecule has 3 aliphatic rings. The summed E-state index contributed by atoms with van der Waals surface area (Å²) in [6.45, 7) is 12.0. The lowest BCUT2D eigenvalue weighted by Gasteiger charge is -2.21. The molecular weight excluding hydrogens is 538 g/mol. The van der Waals surface area contributed by atoms with E-state index in [0.29, 0.717) is 24.9 Å². The van der Waals surface area contributed by atoms with Crippen molar-refractivity contribution in [3.8, 4) is 0 Å². The lowest BCUT2D eigenvalue weighted by Crippen LogP contribution is -2.40. The number of aromatic nitrogens is 3. The van der Waals surface area contributed by atoms with Crippen molar-refractivity contribution in [3.63, 3.8) is 0 Å². The van der Waals surface area contributed by atoms with E-state index in [1.165, 1.54) is 38.8 Å². The largest absolute Gasteiger partial charge is 0.331 e. The molecule has 10 nitrogen and oxygen atoms in total. The Morgan fingerprint density at radius 1 is 1.12 bits per heavy atom. The van der Waals surface area contributed by atoms with E-state index in [4.69, 9.17) is 10.1 Å². The van der Waals surface area contributed by atoms with Crippen LogP contribution in [0.1, 0.15) is 106 Å². The Bertz CT molecular complexity index is 1470. The molecule has 2 aromatic rings. The standard InChI is InChI=1S/C30H41N7O3S/c1-6-41(39,40)20(4)15-32-29(31-5)16-33-30(38)36-17-23(26-9-7-8-25(34-26)21-10-11-21)24(18-36)28-14-27(22-12-13-22)35-37(28)19(2)3/h7-9,14-15,19,21-24H,5-6,10-13,16-18H2,1-4H3,(H,33,38)/b20-15+,32-29-. The van der Waals surface area contributed by atoms with Crippen molar-refractivity contribution in [1.29, 1.82) is 0 Å². The van der Waals surface area contributed by atoms with E-state index >= 15 is 0 Å². The summed E-state index contributed by atoms with van der Waals surface area (Å²) in [5.41, 5.74) is 4.48. The van der Waals surface area contributed by atoms with Crippen molar-refractivity contribution in [2.45, 2.75) is 83.1 Å². The second-order valence-corrected chi connectivity index (χ2v) is 14.1. The SMILES string of the molecule is C=N/C(CNC(=O)N1CC(c2cccc(C3CC3)n2)C(c2cc(C3CC3)nn2C(C)C)C1)=N\C=C(/C)S(=O)(=O)CC. The summed E-state index contributed by atoms with van der Waals surface area (Å²) in [6.07, 6.45) is 6.00. The number of hydrogen-bond donors (Lipinski definition) is 1. The van der Waals surface area contributed by atoms with Gasteiger partial charge in [-0.3, -0.25) is 9.67 Å². The molecule has 1 aliphatic heterocycles. The molecule has 41 heavy (non-hydrogen) atoms. The number of carbonyl (C=O) groups excluding carboxylic acids is 1. The highest BCUT2D eigenvalue weighted by atomic mass is 32.2. The normalized spacial score (nSPS) is 21.9. The Balaban J connectivity index is 1.38. The summed E-state index contributed by atoms with van der Waals surface area (Å²) in [4.78, 5) is 28.5. The summed E-state index contributed by atoms with van der Waals surface area (Å²) in [7, 11) is -3.34. The number of likely N-dealkylation sites (tertiary alicyclic amines) is 1. The molecule has 0 bridgehead atoms. The first-order valence-corrected chi connectivity index (χ1v) is 16.3. The van der Waals surface area contributed by atoms with Gasteiger partial charge in [0.25, 0.3) is 0 Å². The quantitative estimate of drug-likeness (QED) is 0.317. The fraction of sp³-hybridized carbons (Fsp3) is 0.567.